The number of aromatic nitrogens is 1. The van der Waals surface area contributed by atoms with Crippen LogP contribution >= 0.6 is 0 Å². The molecule has 19 heavy (non-hydrogen) atoms. The summed E-state index contributed by atoms with van der Waals surface area (Å²) in [6, 6.07) is 11.0. The van der Waals surface area contributed by atoms with Crippen LogP contribution in [-0.2, 0) is 0 Å². The van der Waals surface area contributed by atoms with Crippen molar-refractivity contribution in [3.63, 3.8) is 0 Å². The normalized spacial score (nSPS) is 10.6. The van der Waals surface area contributed by atoms with Gasteiger partial charge >= 0.3 is 0 Å². The van der Waals surface area contributed by atoms with Gasteiger partial charge in [-0.25, -0.2) is 4.98 Å². The number of rotatable bonds is 5. The molecule has 0 spiro atoms. The summed E-state index contributed by atoms with van der Waals surface area (Å²) in [6.45, 7) is 0.0977. The first-order valence-corrected chi connectivity index (χ1v) is 6.13. The Morgan fingerprint density at radius 2 is 1.74 bits per heavy atom. The maximum atomic E-state index is 12.2. The van der Waals surface area contributed by atoms with Crippen molar-refractivity contribution in [2.75, 3.05) is 26.3 Å². The summed E-state index contributed by atoms with van der Waals surface area (Å²) in [5.41, 5.74) is 1.07. The molecule has 0 bridgehead atoms. The average molecular weight is 260 g/mol. The van der Waals surface area contributed by atoms with Crippen LogP contribution in [0.1, 0.15) is 10.5 Å². The maximum Gasteiger partial charge on any atom is 0.272 e. The number of carbonyl (C=O) groups excluding carboxylic acids is 1. The highest BCUT2D eigenvalue weighted by Gasteiger charge is 2.16. The van der Waals surface area contributed by atoms with E-state index in [4.69, 9.17) is 10.2 Å². The van der Waals surface area contributed by atoms with Crippen LogP contribution < -0.4 is 0 Å². The van der Waals surface area contributed by atoms with Crippen molar-refractivity contribution < 1.29 is 15.0 Å². The zero-order chi connectivity index (χ0) is 13.7. The second kappa shape index (κ2) is 6.26. The molecule has 0 unspecified atom stereocenters. The van der Waals surface area contributed by atoms with Gasteiger partial charge in [-0.1, -0.05) is 24.3 Å². The first-order valence-electron chi connectivity index (χ1n) is 6.13. The van der Waals surface area contributed by atoms with E-state index in [1.165, 1.54) is 4.90 Å². The number of aliphatic hydroxyl groups excluding tert-OH is 2. The Bertz CT molecular complexity index is 565. The SMILES string of the molecule is O=C(c1ccc2ccccc2n1)N(CCO)CCO. The van der Waals surface area contributed by atoms with E-state index in [2.05, 4.69) is 4.98 Å². The lowest BCUT2D eigenvalue weighted by Gasteiger charge is -2.20. The Kier molecular flexibility index (Phi) is 4.43. The second-order valence-corrected chi connectivity index (χ2v) is 4.13. The molecule has 2 N–H and O–H groups in total. The molecule has 2 aromatic rings. The molecule has 2 rings (SSSR count). The van der Waals surface area contributed by atoms with Gasteiger partial charge in [-0.05, 0) is 12.1 Å². The number of pyridine rings is 1. The van der Waals surface area contributed by atoms with Gasteiger partial charge in [0.2, 0.25) is 0 Å². The zero-order valence-electron chi connectivity index (χ0n) is 10.5. The quantitative estimate of drug-likeness (QED) is 0.828. The molecule has 0 aliphatic rings. The number of benzene rings is 1. The minimum atomic E-state index is -0.283. The van der Waals surface area contributed by atoms with Gasteiger partial charge in [-0.15, -0.1) is 0 Å². The highest BCUT2D eigenvalue weighted by Crippen LogP contribution is 2.13. The number of carbonyl (C=O) groups is 1. The van der Waals surface area contributed by atoms with E-state index in [1.54, 1.807) is 6.07 Å². The summed E-state index contributed by atoms with van der Waals surface area (Å²) in [4.78, 5) is 17.9. The molecule has 1 heterocycles. The Labute approximate surface area is 111 Å². The molecule has 1 aromatic heterocycles. The van der Waals surface area contributed by atoms with Gasteiger partial charge < -0.3 is 15.1 Å². The minimum Gasteiger partial charge on any atom is -0.395 e. The monoisotopic (exact) mass is 260 g/mol. The van der Waals surface area contributed by atoms with Gasteiger partial charge in [-0.2, -0.15) is 0 Å². The van der Waals surface area contributed by atoms with Gasteiger partial charge in [-0.3, -0.25) is 4.79 Å². The Morgan fingerprint density at radius 3 is 2.42 bits per heavy atom. The van der Waals surface area contributed by atoms with E-state index in [-0.39, 0.29) is 32.2 Å². The van der Waals surface area contributed by atoms with Crippen LogP contribution in [0.4, 0.5) is 0 Å². The van der Waals surface area contributed by atoms with Crippen molar-refractivity contribution in [3.05, 3.63) is 42.1 Å². The number of amides is 1. The molecule has 0 aliphatic carbocycles. The standard InChI is InChI=1S/C14H16N2O3/c17-9-7-16(8-10-18)14(19)13-6-5-11-3-1-2-4-12(11)15-13/h1-6,17-18H,7-10H2. The van der Waals surface area contributed by atoms with Crippen LogP contribution in [0, 0.1) is 0 Å². The summed E-state index contributed by atoms with van der Waals surface area (Å²) >= 11 is 0. The lowest BCUT2D eigenvalue weighted by molar-refractivity contribution is 0.0679. The van der Waals surface area contributed by atoms with E-state index in [0.29, 0.717) is 5.69 Å². The third kappa shape index (κ3) is 3.07. The first kappa shape index (κ1) is 13.5. The smallest absolute Gasteiger partial charge is 0.272 e. The van der Waals surface area contributed by atoms with Gasteiger partial charge in [0.05, 0.1) is 18.7 Å². The van der Waals surface area contributed by atoms with Gasteiger partial charge in [0.15, 0.2) is 0 Å². The van der Waals surface area contributed by atoms with E-state index >= 15 is 0 Å². The maximum absolute atomic E-state index is 12.2. The topological polar surface area (TPSA) is 73.7 Å². The molecule has 0 atom stereocenters. The van der Waals surface area contributed by atoms with Crippen molar-refractivity contribution in [2.24, 2.45) is 0 Å². The number of aliphatic hydroxyl groups is 2. The fourth-order valence-electron chi connectivity index (χ4n) is 1.90. The molecule has 1 amide bonds. The van der Waals surface area contributed by atoms with Crippen LogP contribution in [0.15, 0.2) is 36.4 Å². The number of hydrogen-bond donors (Lipinski definition) is 2. The predicted molar refractivity (Wildman–Crippen MR) is 71.8 cm³/mol. The van der Waals surface area contributed by atoms with E-state index in [0.717, 1.165) is 10.9 Å². The van der Waals surface area contributed by atoms with Crippen molar-refractivity contribution >= 4 is 16.8 Å². The number of hydrogen-bond acceptors (Lipinski definition) is 4. The van der Waals surface area contributed by atoms with Crippen LogP contribution in [0.25, 0.3) is 10.9 Å². The van der Waals surface area contributed by atoms with Crippen LogP contribution in [-0.4, -0.2) is 52.3 Å². The molecule has 0 radical (unpaired) electrons. The third-order valence-electron chi connectivity index (χ3n) is 2.84. The molecule has 0 saturated carbocycles. The van der Waals surface area contributed by atoms with E-state index in [9.17, 15) is 4.79 Å². The summed E-state index contributed by atoms with van der Waals surface area (Å²) < 4.78 is 0. The fraction of sp³-hybridized carbons (Fsp3) is 0.286. The van der Waals surface area contributed by atoms with Crippen molar-refractivity contribution in [1.29, 1.82) is 0 Å². The zero-order valence-corrected chi connectivity index (χ0v) is 10.5. The van der Waals surface area contributed by atoms with Crippen LogP contribution in [0.3, 0.4) is 0 Å². The number of para-hydroxylation sites is 1. The molecule has 100 valence electrons. The molecule has 1 aromatic carbocycles. The summed E-state index contributed by atoms with van der Waals surface area (Å²) in [5, 5.41) is 18.8. The molecular formula is C14H16N2O3. The largest absolute Gasteiger partial charge is 0.395 e. The highest BCUT2D eigenvalue weighted by molar-refractivity contribution is 5.94. The lowest BCUT2D eigenvalue weighted by atomic mass is 10.2. The van der Waals surface area contributed by atoms with Crippen molar-refractivity contribution in [3.8, 4) is 0 Å². The molecule has 0 saturated heterocycles. The molecule has 0 aliphatic heterocycles. The first-order chi connectivity index (χ1) is 9.26. The molecular weight excluding hydrogens is 244 g/mol. The Hall–Kier alpha value is -1.98. The number of nitrogens with zero attached hydrogens (tertiary/aromatic N) is 2. The number of fused-ring (bicyclic) bond motifs is 1. The van der Waals surface area contributed by atoms with Gasteiger partial charge in [0, 0.05) is 18.5 Å². The van der Waals surface area contributed by atoms with Gasteiger partial charge in [0.25, 0.3) is 5.91 Å². The lowest BCUT2D eigenvalue weighted by Crippen LogP contribution is -2.36. The average Bonchev–Trinajstić information content (AvgIpc) is 2.46. The summed E-state index contributed by atoms with van der Waals surface area (Å²) in [6.07, 6.45) is 0. The summed E-state index contributed by atoms with van der Waals surface area (Å²) in [7, 11) is 0. The molecule has 5 heteroatoms. The third-order valence-corrected chi connectivity index (χ3v) is 2.84. The second-order valence-electron chi connectivity index (χ2n) is 4.13. The van der Waals surface area contributed by atoms with E-state index in [1.807, 2.05) is 30.3 Å². The fourth-order valence-corrected chi connectivity index (χ4v) is 1.90. The van der Waals surface area contributed by atoms with E-state index < -0.39 is 0 Å². The Balaban J connectivity index is 2.29. The summed E-state index contributed by atoms with van der Waals surface area (Å²) in [5.74, 6) is -0.283. The van der Waals surface area contributed by atoms with Gasteiger partial charge in [0.1, 0.15) is 5.69 Å². The minimum absolute atomic E-state index is 0.140. The molecule has 5 nitrogen and oxygen atoms in total. The predicted octanol–water partition coefficient (Wildman–Crippen LogP) is 0.662. The van der Waals surface area contributed by atoms with Crippen LogP contribution in [0.2, 0.25) is 0 Å². The van der Waals surface area contributed by atoms with Crippen LogP contribution in [0.5, 0.6) is 0 Å². The van der Waals surface area contributed by atoms with Crippen molar-refractivity contribution in [2.45, 2.75) is 0 Å². The highest BCUT2D eigenvalue weighted by atomic mass is 16.3. The Morgan fingerprint density at radius 1 is 1.05 bits per heavy atom. The molecule has 0 fully saturated rings. The van der Waals surface area contributed by atoms with Crippen molar-refractivity contribution in [1.82, 2.24) is 9.88 Å².